The Labute approximate surface area is 131 Å². The van der Waals surface area contributed by atoms with Crippen LogP contribution in [0.15, 0.2) is 4.52 Å². The number of piperidine rings is 1. The molecule has 1 fully saturated rings. The van der Waals surface area contributed by atoms with Crippen LogP contribution in [0.1, 0.15) is 43.7 Å². The van der Waals surface area contributed by atoms with Crippen LogP contribution in [-0.2, 0) is 20.4 Å². The number of nitrogens with zero attached hydrogens (tertiary/aromatic N) is 2. The van der Waals surface area contributed by atoms with E-state index >= 15 is 0 Å². The van der Waals surface area contributed by atoms with Gasteiger partial charge in [-0.1, -0.05) is 12.1 Å². The highest BCUT2D eigenvalue weighted by Crippen LogP contribution is 2.22. The van der Waals surface area contributed by atoms with Crippen molar-refractivity contribution in [2.24, 2.45) is 5.92 Å². The van der Waals surface area contributed by atoms with E-state index in [0.717, 1.165) is 12.8 Å². The first kappa shape index (κ1) is 17.0. The molecule has 1 atom stereocenters. The molecule has 1 unspecified atom stereocenters. The normalized spacial score (nSPS) is 18.5. The Balaban J connectivity index is 2.10. The number of aryl methyl sites for hydroxylation is 2. The van der Waals surface area contributed by atoms with Gasteiger partial charge in [-0.25, -0.2) is 8.42 Å². The van der Waals surface area contributed by atoms with Crippen molar-refractivity contribution in [3.05, 3.63) is 17.0 Å². The van der Waals surface area contributed by atoms with Gasteiger partial charge in [-0.05, 0) is 39.5 Å². The van der Waals surface area contributed by atoms with E-state index in [-0.39, 0.29) is 11.7 Å². The topological polar surface area (TPSA) is 80.5 Å². The fourth-order valence-electron chi connectivity index (χ4n) is 2.67. The molecular formula is C15H24N2O4S. The Morgan fingerprint density at radius 3 is 2.45 bits per heavy atom. The Morgan fingerprint density at radius 2 is 1.95 bits per heavy atom. The van der Waals surface area contributed by atoms with Gasteiger partial charge in [0, 0.05) is 18.7 Å². The van der Waals surface area contributed by atoms with Crippen molar-refractivity contribution in [1.29, 1.82) is 0 Å². The molecule has 1 aromatic rings. The van der Waals surface area contributed by atoms with Gasteiger partial charge in [0.15, 0.2) is 9.84 Å². The number of carbonyl (C=O) groups excluding carboxylic acids is 1. The number of hydrogen-bond acceptors (Lipinski definition) is 5. The summed E-state index contributed by atoms with van der Waals surface area (Å²) in [5.41, 5.74) is 1.12. The van der Waals surface area contributed by atoms with Gasteiger partial charge in [-0.3, -0.25) is 4.79 Å². The molecule has 22 heavy (non-hydrogen) atoms. The molecule has 0 aliphatic carbocycles. The maximum atomic E-state index is 12.5. The second-order valence-corrected chi connectivity index (χ2v) is 8.58. The Hall–Kier alpha value is -1.37. The molecular weight excluding hydrogens is 304 g/mol. The zero-order chi connectivity index (χ0) is 16.5. The highest BCUT2D eigenvalue weighted by molar-refractivity contribution is 7.92. The molecule has 6 nitrogen and oxygen atoms in total. The maximum absolute atomic E-state index is 12.5. The lowest BCUT2D eigenvalue weighted by molar-refractivity contribution is -0.131. The van der Waals surface area contributed by atoms with Crippen molar-refractivity contribution in [2.45, 2.75) is 51.5 Å². The number of amides is 1. The molecule has 124 valence electrons. The van der Waals surface area contributed by atoms with Crippen LogP contribution >= 0.6 is 0 Å². The summed E-state index contributed by atoms with van der Waals surface area (Å²) in [4.78, 5) is 14.1. The Kier molecular flexibility index (Phi) is 4.94. The molecule has 0 spiro atoms. The number of likely N-dealkylation sites (tertiary alicyclic amines) is 1. The number of aromatic nitrogens is 1. The van der Waals surface area contributed by atoms with Crippen LogP contribution in [-0.4, -0.2) is 42.7 Å². The van der Waals surface area contributed by atoms with Crippen LogP contribution in [0.4, 0.5) is 0 Å². The van der Waals surface area contributed by atoms with E-state index in [0.29, 0.717) is 36.0 Å². The van der Waals surface area contributed by atoms with E-state index in [1.54, 1.807) is 18.7 Å². The average molecular weight is 328 g/mol. The van der Waals surface area contributed by atoms with E-state index in [4.69, 9.17) is 4.52 Å². The smallest absolute Gasteiger partial charge is 0.240 e. The van der Waals surface area contributed by atoms with Gasteiger partial charge in [-0.2, -0.15) is 0 Å². The summed E-state index contributed by atoms with van der Waals surface area (Å²) in [6, 6.07) is 0. The van der Waals surface area contributed by atoms with Crippen molar-refractivity contribution < 1.29 is 17.7 Å². The van der Waals surface area contributed by atoms with Crippen LogP contribution in [0.25, 0.3) is 0 Å². The molecule has 0 saturated carbocycles. The van der Waals surface area contributed by atoms with Gasteiger partial charge >= 0.3 is 0 Å². The summed E-state index contributed by atoms with van der Waals surface area (Å²) >= 11 is 0. The molecule has 2 heterocycles. The van der Waals surface area contributed by atoms with Gasteiger partial charge in [0.2, 0.25) is 5.91 Å². The van der Waals surface area contributed by atoms with Gasteiger partial charge in [0.05, 0.1) is 11.4 Å². The summed E-state index contributed by atoms with van der Waals surface area (Å²) in [6.07, 6.45) is 1.87. The van der Waals surface area contributed by atoms with Crippen LogP contribution in [0.5, 0.6) is 0 Å². The lowest BCUT2D eigenvalue weighted by Crippen LogP contribution is -2.45. The summed E-state index contributed by atoms with van der Waals surface area (Å²) < 4.78 is 30.1. The lowest BCUT2D eigenvalue weighted by Gasteiger charge is -2.32. The van der Waals surface area contributed by atoms with Crippen molar-refractivity contribution in [3.63, 3.8) is 0 Å². The van der Waals surface area contributed by atoms with E-state index in [1.165, 1.54) is 6.92 Å². The summed E-state index contributed by atoms with van der Waals surface area (Å²) in [5, 5.41) is 2.74. The molecule has 0 aromatic carbocycles. The average Bonchev–Trinajstić information content (AvgIpc) is 2.78. The highest BCUT2D eigenvalue weighted by Gasteiger charge is 2.34. The fraction of sp³-hybridized carbons (Fsp3) is 0.733. The Bertz CT molecular complexity index is 623. The van der Waals surface area contributed by atoms with Crippen LogP contribution in [0.2, 0.25) is 0 Å². The molecule has 1 amide bonds. The number of carbonyl (C=O) groups is 1. The standard InChI is InChI=1S/C15H24N2O4S/c1-10-5-7-17(8-6-10)15(18)13(4)22(19,20)9-14-11(2)16-21-12(14)3/h10,13H,5-9H2,1-4H3. The number of sulfone groups is 1. The molecule has 0 bridgehead atoms. The number of rotatable bonds is 4. The second-order valence-electron chi connectivity index (χ2n) is 6.26. The first-order chi connectivity index (χ1) is 10.2. The molecule has 1 aliphatic heterocycles. The summed E-state index contributed by atoms with van der Waals surface area (Å²) in [6.45, 7) is 8.31. The predicted molar refractivity (Wildman–Crippen MR) is 83.0 cm³/mol. The third-order valence-electron chi connectivity index (χ3n) is 4.51. The van der Waals surface area contributed by atoms with Gasteiger partial charge in [0.1, 0.15) is 11.0 Å². The predicted octanol–water partition coefficient (Wildman–Crippen LogP) is 1.85. The maximum Gasteiger partial charge on any atom is 0.240 e. The van der Waals surface area contributed by atoms with E-state index < -0.39 is 15.1 Å². The van der Waals surface area contributed by atoms with Crippen molar-refractivity contribution >= 4 is 15.7 Å². The summed E-state index contributed by atoms with van der Waals surface area (Å²) in [7, 11) is -3.58. The van der Waals surface area contributed by atoms with E-state index in [9.17, 15) is 13.2 Å². The third kappa shape index (κ3) is 3.51. The van der Waals surface area contributed by atoms with Crippen LogP contribution in [0, 0.1) is 19.8 Å². The largest absolute Gasteiger partial charge is 0.361 e. The quantitative estimate of drug-likeness (QED) is 0.842. The minimum absolute atomic E-state index is 0.203. The molecule has 1 aromatic heterocycles. The van der Waals surface area contributed by atoms with Crippen molar-refractivity contribution in [2.75, 3.05) is 13.1 Å². The Morgan fingerprint density at radius 1 is 1.36 bits per heavy atom. The van der Waals surface area contributed by atoms with Gasteiger partial charge in [0.25, 0.3) is 0 Å². The zero-order valence-electron chi connectivity index (χ0n) is 13.6. The van der Waals surface area contributed by atoms with E-state index in [1.807, 2.05) is 0 Å². The minimum atomic E-state index is -3.58. The van der Waals surface area contributed by atoms with Crippen molar-refractivity contribution in [3.8, 4) is 0 Å². The van der Waals surface area contributed by atoms with Crippen LogP contribution < -0.4 is 0 Å². The van der Waals surface area contributed by atoms with Gasteiger partial charge < -0.3 is 9.42 Å². The van der Waals surface area contributed by atoms with Crippen LogP contribution in [0.3, 0.4) is 0 Å². The monoisotopic (exact) mass is 328 g/mol. The molecule has 1 saturated heterocycles. The first-order valence-electron chi connectivity index (χ1n) is 7.64. The number of hydrogen-bond donors (Lipinski definition) is 0. The van der Waals surface area contributed by atoms with E-state index in [2.05, 4.69) is 12.1 Å². The molecule has 2 rings (SSSR count). The highest BCUT2D eigenvalue weighted by atomic mass is 32.2. The molecule has 0 radical (unpaired) electrons. The fourth-order valence-corrected chi connectivity index (χ4v) is 4.19. The third-order valence-corrected chi connectivity index (χ3v) is 6.48. The summed E-state index contributed by atoms with van der Waals surface area (Å²) in [5.74, 6) is 0.593. The molecule has 0 N–H and O–H groups in total. The molecule has 7 heteroatoms. The molecule has 1 aliphatic rings. The SMILES string of the molecule is Cc1noc(C)c1CS(=O)(=O)C(C)C(=O)N1CCC(C)CC1. The zero-order valence-corrected chi connectivity index (χ0v) is 14.4. The lowest BCUT2D eigenvalue weighted by atomic mass is 9.99. The second kappa shape index (κ2) is 6.40. The van der Waals surface area contributed by atoms with Crippen molar-refractivity contribution in [1.82, 2.24) is 10.1 Å². The first-order valence-corrected chi connectivity index (χ1v) is 9.36. The minimum Gasteiger partial charge on any atom is -0.361 e. The van der Waals surface area contributed by atoms with Gasteiger partial charge in [-0.15, -0.1) is 0 Å².